The van der Waals surface area contributed by atoms with E-state index in [0.29, 0.717) is 11.3 Å². The van der Waals surface area contributed by atoms with Crippen molar-refractivity contribution in [3.8, 4) is 0 Å². The highest BCUT2D eigenvalue weighted by molar-refractivity contribution is 6.10. The molecule has 0 aliphatic heterocycles. The van der Waals surface area contributed by atoms with Crippen LogP contribution in [0.25, 0.3) is 6.08 Å². The van der Waals surface area contributed by atoms with Crippen molar-refractivity contribution in [2.75, 3.05) is 5.32 Å². The third-order valence-corrected chi connectivity index (χ3v) is 3.02. The number of nitrogens with one attached hydrogen (secondary N) is 2. The molecule has 0 atom stereocenters. The van der Waals surface area contributed by atoms with Gasteiger partial charge in [0.25, 0.3) is 11.8 Å². The lowest BCUT2D eigenvalue weighted by Crippen LogP contribution is -2.30. The average Bonchev–Trinajstić information content (AvgIpc) is 3.29. The van der Waals surface area contributed by atoms with E-state index in [1.807, 2.05) is 0 Å². The zero-order chi connectivity index (χ0) is 16.8. The van der Waals surface area contributed by atoms with Gasteiger partial charge in [-0.3, -0.25) is 19.9 Å². The second kappa shape index (κ2) is 7.10. The first kappa shape index (κ1) is 15.3. The van der Waals surface area contributed by atoms with Crippen LogP contribution in [-0.4, -0.2) is 16.8 Å². The Morgan fingerprint density at radius 1 is 1.00 bits per heavy atom. The normalized spacial score (nSPS) is 11.1. The number of carbonyl (C=O) groups is 2. The zero-order valence-electron chi connectivity index (χ0n) is 12.4. The number of rotatable bonds is 5. The fourth-order valence-corrected chi connectivity index (χ4v) is 1.90. The summed E-state index contributed by atoms with van der Waals surface area (Å²) in [5, 5.41) is 5.11. The molecule has 3 aromatic rings. The Hall–Kier alpha value is -3.61. The van der Waals surface area contributed by atoms with Gasteiger partial charge in [-0.2, -0.15) is 0 Å². The molecule has 0 saturated heterocycles. The van der Waals surface area contributed by atoms with Crippen molar-refractivity contribution in [3.05, 3.63) is 78.3 Å². The number of hydrogen-bond donors (Lipinski definition) is 2. The molecule has 24 heavy (non-hydrogen) atoms. The molecule has 2 N–H and O–H groups in total. The minimum Gasteiger partial charge on any atom is -0.465 e. The molecule has 2 amide bonds. The van der Waals surface area contributed by atoms with Crippen LogP contribution < -0.4 is 10.6 Å². The smallest absolute Gasteiger partial charge is 0.274 e. The molecule has 0 saturated carbocycles. The van der Waals surface area contributed by atoms with Gasteiger partial charge in [0.2, 0.25) is 0 Å². The molecule has 0 bridgehead atoms. The molecule has 0 spiro atoms. The van der Waals surface area contributed by atoms with E-state index in [-0.39, 0.29) is 11.6 Å². The number of anilines is 1. The summed E-state index contributed by atoms with van der Waals surface area (Å²) in [7, 11) is 0. The van der Waals surface area contributed by atoms with Gasteiger partial charge in [0.15, 0.2) is 5.88 Å². The van der Waals surface area contributed by atoms with Crippen LogP contribution in [0.4, 0.5) is 5.88 Å². The highest BCUT2D eigenvalue weighted by Gasteiger charge is 2.16. The van der Waals surface area contributed by atoms with E-state index in [0.717, 1.165) is 0 Å². The first-order chi connectivity index (χ1) is 11.7. The number of amides is 2. The Morgan fingerprint density at radius 2 is 1.75 bits per heavy atom. The Balaban J connectivity index is 1.82. The summed E-state index contributed by atoms with van der Waals surface area (Å²) >= 11 is 0. The van der Waals surface area contributed by atoms with Crippen LogP contribution in [0.2, 0.25) is 0 Å². The lowest BCUT2D eigenvalue weighted by molar-refractivity contribution is -0.113. The Morgan fingerprint density at radius 3 is 2.42 bits per heavy atom. The first-order valence-electron chi connectivity index (χ1n) is 7.04. The summed E-state index contributed by atoms with van der Waals surface area (Å²) in [5.41, 5.74) is 0.393. The van der Waals surface area contributed by atoms with Gasteiger partial charge < -0.3 is 14.2 Å². The molecule has 3 aromatic heterocycles. The molecule has 3 heterocycles. The largest absolute Gasteiger partial charge is 0.465 e. The molecular formula is C17H13N3O4. The zero-order valence-corrected chi connectivity index (χ0v) is 12.4. The number of nitrogens with zero attached hydrogens (tertiary/aromatic N) is 1. The summed E-state index contributed by atoms with van der Waals surface area (Å²) in [6.45, 7) is 0. The van der Waals surface area contributed by atoms with Gasteiger partial charge in [-0.05, 0) is 30.3 Å². The van der Waals surface area contributed by atoms with Crippen molar-refractivity contribution < 1.29 is 18.4 Å². The quantitative estimate of drug-likeness (QED) is 0.704. The third-order valence-electron chi connectivity index (χ3n) is 3.02. The molecule has 0 radical (unpaired) electrons. The predicted molar refractivity (Wildman–Crippen MR) is 85.7 cm³/mol. The van der Waals surface area contributed by atoms with E-state index >= 15 is 0 Å². The fraction of sp³-hybridized carbons (Fsp3) is 0. The topological polar surface area (TPSA) is 97.4 Å². The molecule has 0 fully saturated rings. The minimum absolute atomic E-state index is 0.0168. The molecule has 120 valence electrons. The highest BCUT2D eigenvalue weighted by atomic mass is 16.3. The molecule has 0 aromatic carbocycles. The van der Waals surface area contributed by atoms with Crippen molar-refractivity contribution >= 4 is 23.8 Å². The fourth-order valence-electron chi connectivity index (χ4n) is 1.90. The minimum atomic E-state index is -0.538. The van der Waals surface area contributed by atoms with Crippen molar-refractivity contribution in [1.29, 1.82) is 0 Å². The summed E-state index contributed by atoms with van der Waals surface area (Å²) in [6, 6.07) is 9.67. The Labute approximate surface area is 137 Å². The van der Waals surface area contributed by atoms with Gasteiger partial charge in [0, 0.05) is 30.1 Å². The Bertz CT molecular complexity index is 837. The predicted octanol–water partition coefficient (Wildman–Crippen LogP) is 2.68. The monoisotopic (exact) mass is 323 g/mol. The second-order valence-corrected chi connectivity index (χ2v) is 4.69. The summed E-state index contributed by atoms with van der Waals surface area (Å²) in [6.07, 6.45) is 7.32. The molecule has 0 aliphatic carbocycles. The van der Waals surface area contributed by atoms with Gasteiger partial charge in [0.1, 0.15) is 11.5 Å². The van der Waals surface area contributed by atoms with E-state index in [1.54, 1.807) is 36.4 Å². The van der Waals surface area contributed by atoms with E-state index < -0.39 is 11.8 Å². The van der Waals surface area contributed by atoms with E-state index in [9.17, 15) is 9.59 Å². The lowest BCUT2D eigenvalue weighted by atomic mass is 10.2. The van der Waals surface area contributed by atoms with E-state index in [2.05, 4.69) is 15.6 Å². The van der Waals surface area contributed by atoms with Gasteiger partial charge in [-0.15, -0.1) is 0 Å². The second-order valence-electron chi connectivity index (χ2n) is 4.69. The van der Waals surface area contributed by atoms with Crippen LogP contribution in [0.3, 0.4) is 0 Å². The first-order valence-corrected chi connectivity index (χ1v) is 7.04. The van der Waals surface area contributed by atoms with Crippen LogP contribution in [0, 0.1) is 0 Å². The maximum absolute atomic E-state index is 12.4. The molecule has 7 heteroatoms. The van der Waals surface area contributed by atoms with Crippen molar-refractivity contribution in [3.63, 3.8) is 0 Å². The van der Waals surface area contributed by atoms with Gasteiger partial charge >= 0.3 is 0 Å². The van der Waals surface area contributed by atoms with Crippen LogP contribution >= 0.6 is 0 Å². The maximum atomic E-state index is 12.4. The summed E-state index contributed by atoms with van der Waals surface area (Å²) in [5.74, 6) is -0.285. The maximum Gasteiger partial charge on any atom is 0.274 e. The van der Waals surface area contributed by atoms with E-state index in [1.165, 1.54) is 31.0 Å². The number of carbonyl (C=O) groups excluding carboxylic acids is 2. The molecule has 7 nitrogen and oxygen atoms in total. The molecule has 0 aliphatic rings. The molecule has 0 unspecified atom stereocenters. The summed E-state index contributed by atoms with van der Waals surface area (Å²) in [4.78, 5) is 28.5. The van der Waals surface area contributed by atoms with E-state index in [4.69, 9.17) is 8.83 Å². The average molecular weight is 323 g/mol. The van der Waals surface area contributed by atoms with Gasteiger partial charge in [-0.1, -0.05) is 0 Å². The van der Waals surface area contributed by atoms with Crippen LogP contribution in [-0.2, 0) is 4.79 Å². The van der Waals surface area contributed by atoms with Crippen molar-refractivity contribution in [2.24, 2.45) is 0 Å². The van der Waals surface area contributed by atoms with Crippen LogP contribution in [0.1, 0.15) is 16.1 Å². The van der Waals surface area contributed by atoms with Crippen LogP contribution in [0.15, 0.2) is 75.8 Å². The summed E-state index contributed by atoms with van der Waals surface area (Å²) < 4.78 is 10.3. The van der Waals surface area contributed by atoms with Gasteiger partial charge in [0.05, 0.1) is 12.5 Å². The number of hydrogen-bond acceptors (Lipinski definition) is 5. The van der Waals surface area contributed by atoms with Crippen LogP contribution in [0.5, 0.6) is 0 Å². The lowest BCUT2D eigenvalue weighted by Gasteiger charge is -2.09. The molecular weight excluding hydrogens is 310 g/mol. The standard InChI is InChI=1S/C17H13N3O4/c21-16(12-5-7-18-8-6-12)19-14(11-13-3-1-9-23-13)17(22)20-15-4-2-10-24-15/h1-11H,(H,19,21)(H,20,22). The third kappa shape index (κ3) is 3.77. The highest BCUT2D eigenvalue weighted by Crippen LogP contribution is 2.11. The number of furan rings is 2. The number of aromatic nitrogens is 1. The number of pyridine rings is 1. The Kier molecular flexibility index (Phi) is 4.52. The SMILES string of the molecule is O=C(Nc1ccco1)C(=Cc1ccco1)NC(=O)c1ccncc1. The van der Waals surface area contributed by atoms with Crippen molar-refractivity contribution in [2.45, 2.75) is 0 Å². The van der Waals surface area contributed by atoms with Gasteiger partial charge in [-0.25, -0.2) is 0 Å². The van der Waals surface area contributed by atoms with Crippen molar-refractivity contribution in [1.82, 2.24) is 10.3 Å². The molecule has 3 rings (SSSR count).